The smallest absolute Gasteiger partial charge is 0.311 e. The topological polar surface area (TPSA) is 37.3 Å². The summed E-state index contributed by atoms with van der Waals surface area (Å²) in [5, 5.41) is 9.46. The quantitative estimate of drug-likeness (QED) is 0.838. The minimum atomic E-state index is -0.751. The molecule has 2 aromatic rings. The number of rotatable bonds is 1. The van der Waals surface area contributed by atoms with Crippen molar-refractivity contribution in [3.63, 3.8) is 0 Å². The maximum Gasteiger partial charge on any atom is 0.311 e. The first-order chi connectivity index (χ1) is 9.27. The van der Waals surface area contributed by atoms with Crippen LogP contribution in [0.2, 0.25) is 0 Å². The van der Waals surface area contributed by atoms with Crippen LogP contribution in [0.3, 0.4) is 0 Å². The molecule has 92 valence electrons. The number of benzene rings is 2. The van der Waals surface area contributed by atoms with Crippen molar-refractivity contribution in [1.29, 1.82) is 0 Å². The molecule has 0 radical (unpaired) electrons. The second-order valence-corrected chi connectivity index (χ2v) is 5.10. The Labute approximate surface area is 111 Å². The SMILES string of the molecule is O=C(O)[C@H]1C=Cc2cccc3c2[C@@H]1c1ccccc1-3. The van der Waals surface area contributed by atoms with Crippen molar-refractivity contribution in [2.24, 2.45) is 5.92 Å². The molecule has 0 bridgehead atoms. The molecular formula is C17H12O2. The first-order valence-corrected chi connectivity index (χ1v) is 6.40. The molecule has 2 nitrogen and oxygen atoms in total. The van der Waals surface area contributed by atoms with E-state index < -0.39 is 11.9 Å². The van der Waals surface area contributed by atoms with Crippen LogP contribution < -0.4 is 0 Å². The van der Waals surface area contributed by atoms with Crippen molar-refractivity contribution in [2.75, 3.05) is 0 Å². The summed E-state index contributed by atoms with van der Waals surface area (Å²) in [6.07, 6.45) is 3.77. The van der Waals surface area contributed by atoms with Crippen molar-refractivity contribution in [3.05, 3.63) is 65.2 Å². The molecule has 0 aliphatic heterocycles. The minimum absolute atomic E-state index is 0.0371. The summed E-state index contributed by atoms with van der Waals surface area (Å²) >= 11 is 0. The van der Waals surface area contributed by atoms with Gasteiger partial charge in [-0.15, -0.1) is 0 Å². The summed E-state index contributed by atoms with van der Waals surface area (Å²) in [6.45, 7) is 0. The van der Waals surface area contributed by atoms with E-state index in [1.54, 1.807) is 0 Å². The zero-order valence-electron chi connectivity index (χ0n) is 10.2. The van der Waals surface area contributed by atoms with Crippen LogP contribution >= 0.6 is 0 Å². The molecule has 0 saturated heterocycles. The predicted octanol–water partition coefficient (Wildman–Crippen LogP) is 3.53. The van der Waals surface area contributed by atoms with E-state index in [2.05, 4.69) is 24.3 Å². The monoisotopic (exact) mass is 248 g/mol. The van der Waals surface area contributed by atoms with Gasteiger partial charge in [-0.2, -0.15) is 0 Å². The van der Waals surface area contributed by atoms with Gasteiger partial charge in [0, 0.05) is 5.92 Å². The number of carbonyl (C=O) groups is 1. The first kappa shape index (κ1) is 10.6. The van der Waals surface area contributed by atoms with Crippen molar-refractivity contribution in [2.45, 2.75) is 5.92 Å². The molecule has 2 heteroatoms. The second-order valence-electron chi connectivity index (χ2n) is 5.10. The Morgan fingerprint density at radius 3 is 2.63 bits per heavy atom. The van der Waals surface area contributed by atoms with Gasteiger partial charge in [-0.05, 0) is 27.8 Å². The Hall–Kier alpha value is -2.35. The predicted molar refractivity (Wildman–Crippen MR) is 73.9 cm³/mol. The first-order valence-electron chi connectivity index (χ1n) is 6.40. The molecule has 1 N–H and O–H groups in total. The summed E-state index contributed by atoms with van der Waals surface area (Å²) < 4.78 is 0. The van der Waals surface area contributed by atoms with Crippen molar-refractivity contribution in [1.82, 2.24) is 0 Å². The number of hydrogen-bond acceptors (Lipinski definition) is 1. The van der Waals surface area contributed by atoms with Gasteiger partial charge in [-0.3, -0.25) is 4.79 Å². The van der Waals surface area contributed by atoms with Crippen LogP contribution in [0.4, 0.5) is 0 Å². The summed E-state index contributed by atoms with van der Waals surface area (Å²) in [6, 6.07) is 14.3. The molecule has 2 aliphatic rings. The van der Waals surface area contributed by atoms with Crippen LogP contribution in [-0.2, 0) is 4.79 Å². The fourth-order valence-corrected chi connectivity index (χ4v) is 3.40. The zero-order chi connectivity index (χ0) is 13.0. The lowest BCUT2D eigenvalue weighted by molar-refractivity contribution is -0.140. The number of carboxylic acids is 1. The molecule has 0 saturated carbocycles. The zero-order valence-corrected chi connectivity index (χ0v) is 10.2. The second kappa shape index (κ2) is 3.58. The Balaban J connectivity index is 2.07. The highest BCUT2D eigenvalue weighted by Crippen LogP contribution is 2.51. The third-order valence-electron chi connectivity index (χ3n) is 4.16. The minimum Gasteiger partial charge on any atom is -0.481 e. The van der Waals surface area contributed by atoms with E-state index in [-0.39, 0.29) is 5.92 Å². The van der Waals surface area contributed by atoms with E-state index in [0.29, 0.717) is 0 Å². The largest absolute Gasteiger partial charge is 0.481 e. The van der Waals surface area contributed by atoms with Crippen LogP contribution in [0.5, 0.6) is 0 Å². The number of hydrogen-bond donors (Lipinski definition) is 1. The van der Waals surface area contributed by atoms with Gasteiger partial charge in [0.25, 0.3) is 0 Å². The van der Waals surface area contributed by atoms with Gasteiger partial charge in [-0.25, -0.2) is 0 Å². The maximum atomic E-state index is 11.5. The van der Waals surface area contributed by atoms with Gasteiger partial charge >= 0.3 is 5.97 Å². The van der Waals surface area contributed by atoms with E-state index in [1.807, 2.05) is 30.4 Å². The van der Waals surface area contributed by atoms with Gasteiger partial charge in [0.05, 0.1) is 5.92 Å². The third-order valence-corrected chi connectivity index (χ3v) is 4.16. The Morgan fingerprint density at radius 2 is 1.79 bits per heavy atom. The summed E-state index contributed by atoms with van der Waals surface area (Å²) in [4.78, 5) is 11.5. The lowest BCUT2D eigenvalue weighted by Gasteiger charge is -2.24. The molecule has 19 heavy (non-hydrogen) atoms. The lowest BCUT2D eigenvalue weighted by Crippen LogP contribution is -2.22. The average Bonchev–Trinajstić information content (AvgIpc) is 2.77. The molecule has 0 unspecified atom stereocenters. The maximum absolute atomic E-state index is 11.5. The number of carboxylic acid groups (broad SMARTS) is 1. The molecule has 2 aliphatic carbocycles. The van der Waals surface area contributed by atoms with E-state index in [0.717, 1.165) is 11.1 Å². The normalized spacial score (nSPS) is 21.9. The third kappa shape index (κ3) is 1.28. The fraction of sp³-hybridized carbons (Fsp3) is 0.118. The number of fused-ring (bicyclic) bond motifs is 3. The molecule has 2 atom stereocenters. The fourth-order valence-electron chi connectivity index (χ4n) is 3.40. The molecule has 0 heterocycles. The average molecular weight is 248 g/mol. The molecule has 0 amide bonds. The van der Waals surface area contributed by atoms with E-state index in [9.17, 15) is 9.90 Å². The Kier molecular flexibility index (Phi) is 1.99. The standard InChI is InChI=1S/C17H12O2/c18-17(19)14-9-8-10-4-3-7-12-11-5-1-2-6-13(11)16(14)15(10)12/h1-9,14,16H,(H,18,19)/t14-,16+/m0/s1. The lowest BCUT2D eigenvalue weighted by atomic mass is 9.78. The summed E-state index contributed by atoms with van der Waals surface area (Å²) in [7, 11) is 0. The van der Waals surface area contributed by atoms with Gasteiger partial charge < -0.3 is 5.11 Å². The van der Waals surface area contributed by atoms with Crippen molar-refractivity contribution < 1.29 is 9.90 Å². The highest BCUT2D eigenvalue weighted by atomic mass is 16.4. The van der Waals surface area contributed by atoms with Gasteiger partial charge in [0.15, 0.2) is 0 Å². The Bertz CT molecular complexity index is 728. The van der Waals surface area contributed by atoms with Gasteiger partial charge in [0.1, 0.15) is 0 Å². The van der Waals surface area contributed by atoms with Crippen molar-refractivity contribution >= 4 is 12.0 Å². The van der Waals surface area contributed by atoms with E-state index in [1.165, 1.54) is 16.7 Å². The molecule has 4 rings (SSSR count). The van der Waals surface area contributed by atoms with Crippen LogP contribution in [-0.4, -0.2) is 11.1 Å². The highest BCUT2D eigenvalue weighted by molar-refractivity contribution is 5.89. The van der Waals surface area contributed by atoms with Crippen LogP contribution in [0.15, 0.2) is 48.5 Å². The number of aliphatic carboxylic acids is 1. The van der Waals surface area contributed by atoms with Crippen LogP contribution in [0.1, 0.15) is 22.6 Å². The molecule has 0 aromatic heterocycles. The molecular weight excluding hydrogens is 236 g/mol. The van der Waals surface area contributed by atoms with Crippen molar-refractivity contribution in [3.8, 4) is 11.1 Å². The van der Waals surface area contributed by atoms with Crippen LogP contribution in [0, 0.1) is 5.92 Å². The summed E-state index contributed by atoms with van der Waals surface area (Å²) in [5.74, 6) is -1.25. The van der Waals surface area contributed by atoms with E-state index >= 15 is 0 Å². The molecule has 0 fully saturated rings. The molecule has 0 spiro atoms. The Morgan fingerprint density at radius 1 is 1.00 bits per heavy atom. The van der Waals surface area contributed by atoms with E-state index in [4.69, 9.17) is 0 Å². The van der Waals surface area contributed by atoms with Gasteiger partial charge in [-0.1, -0.05) is 54.6 Å². The van der Waals surface area contributed by atoms with Gasteiger partial charge in [0.2, 0.25) is 0 Å². The summed E-state index contributed by atoms with van der Waals surface area (Å²) in [5.41, 5.74) is 5.84. The molecule has 2 aromatic carbocycles. The van der Waals surface area contributed by atoms with Crippen LogP contribution in [0.25, 0.3) is 17.2 Å². The highest BCUT2D eigenvalue weighted by Gasteiger charge is 2.39.